The zero-order chi connectivity index (χ0) is 19.7. The van der Waals surface area contributed by atoms with E-state index in [4.69, 9.17) is 0 Å². The molecule has 2 amide bonds. The van der Waals surface area contributed by atoms with E-state index in [1.165, 1.54) is 23.9 Å². The smallest absolute Gasteiger partial charge is 0.251 e. The van der Waals surface area contributed by atoms with Gasteiger partial charge in [0, 0.05) is 35.8 Å². The van der Waals surface area contributed by atoms with Crippen molar-refractivity contribution in [2.75, 3.05) is 29.9 Å². The fourth-order valence-electron chi connectivity index (χ4n) is 3.57. The van der Waals surface area contributed by atoms with E-state index in [1.54, 1.807) is 24.3 Å². The first-order valence-electron chi connectivity index (χ1n) is 9.40. The van der Waals surface area contributed by atoms with Crippen LogP contribution in [0.5, 0.6) is 0 Å². The van der Waals surface area contributed by atoms with Gasteiger partial charge in [-0.1, -0.05) is 0 Å². The zero-order valence-electron chi connectivity index (χ0n) is 15.6. The molecule has 5 nitrogen and oxygen atoms in total. The van der Waals surface area contributed by atoms with E-state index < -0.39 is 0 Å². The molecular weight excluding hydrogens is 377 g/mol. The number of halogens is 1. The van der Waals surface area contributed by atoms with Crippen LogP contribution in [0.25, 0.3) is 0 Å². The highest BCUT2D eigenvalue weighted by molar-refractivity contribution is 8.00. The SMILES string of the molecule is CC1Sc2ccc(C(=O)NCC3CCN(c4ccc(F)cc4)C3)cc2NC1=O. The quantitative estimate of drug-likeness (QED) is 0.826. The van der Waals surface area contributed by atoms with Gasteiger partial charge in [0.05, 0.1) is 10.9 Å². The molecule has 2 N–H and O–H groups in total. The average molecular weight is 399 g/mol. The molecule has 0 saturated carbocycles. The number of amides is 2. The average Bonchev–Trinajstić information content (AvgIpc) is 3.16. The number of anilines is 2. The molecule has 0 aliphatic carbocycles. The maximum Gasteiger partial charge on any atom is 0.251 e. The molecule has 1 saturated heterocycles. The van der Waals surface area contributed by atoms with Crippen LogP contribution < -0.4 is 15.5 Å². The van der Waals surface area contributed by atoms with Gasteiger partial charge < -0.3 is 15.5 Å². The van der Waals surface area contributed by atoms with Crippen LogP contribution in [-0.2, 0) is 4.79 Å². The lowest BCUT2D eigenvalue weighted by molar-refractivity contribution is -0.115. The monoisotopic (exact) mass is 399 g/mol. The van der Waals surface area contributed by atoms with Crippen molar-refractivity contribution in [3.63, 3.8) is 0 Å². The summed E-state index contributed by atoms with van der Waals surface area (Å²) >= 11 is 1.50. The molecule has 2 aromatic carbocycles. The van der Waals surface area contributed by atoms with E-state index in [9.17, 15) is 14.0 Å². The molecule has 2 unspecified atom stereocenters. The molecule has 4 rings (SSSR count). The topological polar surface area (TPSA) is 61.4 Å². The fraction of sp³-hybridized carbons (Fsp3) is 0.333. The molecule has 1 fully saturated rings. The predicted octanol–water partition coefficient (Wildman–Crippen LogP) is 3.51. The van der Waals surface area contributed by atoms with Gasteiger partial charge in [-0.15, -0.1) is 11.8 Å². The first-order chi connectivity index (χ1) is 13.5. The second-order valence-corrected chi connectivity index (χ2v) is 8.63. The lowest BCUT2D eigenvalue weighted by Gasteiger charge is -2.22. The molecule has 7 heteroatoms. The van der Waals surface area contributed by atoms with Gasteiger partial charge in [-0.3, -0.25) is 9.59 Å². The van der Waals surface area contributed by atoms with Crippen LogP contribution in [0.2, 0.25) is 0 Å². The first-order valence-corrected chi connectivity index (χ1v) is 10.3. The van der Waals surface area contributed by atoms with Gasteiger partial charge in [-0.2, -0.15) is 0 Å². The van der Waals surface area contributed by atoms with E-state index in [0.717, 1.165) is 30.1 Å². The highest BCUT2D eigenvalue weighted by Gasteiger charge is 2.25. The maximum absolute atomic E-state index is 13.1. The standard InChI is InChI=1S/C21H22FN3O2S/c1-13-20(26)24-18-10-15(2-7-19(18)28-13)21(27)23-11-14-8-9-25(12-14)17-5-3-16(22)4-6-17/h2-7,10,13-14H,8-9,11-12H2,1H3,(H,23,27)(H,24,26). The third-order valence-electron chi connectivity index (χ3n) is 5.20. The summed E-state index contributed by atoms with van der Waals surface area (Å²) in [6.07, 6.45) is 0.979. The van der Waals surface area contributed by atoms with Gasteiger partial charge in [0.15, 0.2) is 0 Å². The number of nitrogens with zero attached hydrogens (tertiary/aromatic N) is 1. The predicted molar refractivity (Wildman–Crippen MR) is 109 cm³/mol. The molecule has 0 spiro atoms. The molecule has 0 bridgehead atoms. The number of thioether (sulfide) groups is 1. The third-order valence-corrected chi connectivity index (χ3v) is 6.38. The molecule has 0 radical (unpaired) electrons. The molecule has 146 valence electrons. The van der Waals surface area contributed by atoms with Crippen molar-refractivity contribution in [1.82, 2.24) is 5.32 Å². The summed E-state index contributed by atoms with van der Waals surface area (Å²) in [5.74, 6) is -0.0635. The van der Waals surface area contributed by atoms with Crippen LogP contribution in [0.15, 0.2) is 47.4 Å². The van der Waals surface area contributed by atoms with Crippen LogP contribution in [0.4, 0.5) is 15.8 Å². The van der Waals surface area contributed by atoms with Crippen molar-refractivity contribution in [3.05, 3.63) is 53.8 Å². The van der Waals surface area contributed by atoms with Gasteiger partial charge in [-0.05, 0) is 61.7 Å². The molecule has 2 heterocycles. The van der Waals surface area contributed by atoms with E-state index in [0.29, 0.717) is 23.7 Å². The Bertz CT molecular complexity index is 903. The van der Waals surface area contributed by atoms with Gasteiger partial charge in [-0.25, -0.2) is 4.39 Å². The zero-order valence-corrected chi connectivity index (χ0v) is 16.4. The Hall–Kier alpha value is -2.54. The lowest BCUT2D eigenvalue weighted by atomic mass is 10.1. The van der Waals surface area contributed by atoms with Gasteiger partial charge in [0.25, 0.3) is 5.91 Å². The largest absolute Gasteiger partial charge is 0.371 e. The summed E-state index contributed by atoms with van der Waals surface area (Å²) in [7, 11) is 0. The van der Waals surface area contributed by atoms with E-state index in [-0.39, 0.29) is 22.9 Å². The van der Waals surface area contributed by atoms with Crippen LogP contribution in [0.3, 0.4) is 0 Å². The van der Waals surface area contributed by atoms with E-state index in [1.807, 2.05) is 13.0 Å². The number of carbonyl (C=O) groups is 2. The number of nitrogens with one attached hydrogen (secondary N) is 2. The third kappa shape index (κ3) is 3.99. The van der Waals surface area contributed by atoms with Gasteiger partial charge in [0.1, 0.15) is 5.82 Å². The molecule has 2 aliphatic rings. The second kappa shape index (κ2) is 7.83. The normalized spacial score (nSPS) is 21.2. The van der Waals surface area contributed by atoms with Crippen molar-refractivity contribution in [1.29, 1.82) is 0 Å². The van der Waals surface area contributed by atoms with Gasteiger partial charge >= 0.3 is 0 Å². The fourth-order valence-corrected chi connectivity index (χ4v) is 4.51. The number of rotatable bonds is 4. The van der Waals surface area contributed by atoms with E-state index >= 15 is 0 Å². The van der Waals surface area contributed by atoms with Crippen LogP contribution in [0.1, 0.15) is 23.7 Å². The maximum atomic E-state index is 13.1. The minimum absolute atomic E-state index is 0.0399. The lowest BCUT2D eigenvalue weighted by Crippen LogP contribution is -2.31. The summed E-state index contributed by atoms with van der Waals surface area (Å²) in [6, 6.07) is 11.9. The number of hydrogen-bond acceptors (Lipinski definition) is 4. The molecule has 28 heavy (non-hydrogen) atoms. The molecule has 0 aromatic heterocycles. The molecular formula is C21H22FN3O2S. The molecule has 2 atom stereocenters. The minimum Gasteiger partial charge on any atom is -0.371 e. The van der Waals surface area contributed by atoms with Crippen molar-refractivity contribution < 1.29 is 14.0 Å². The summed E-state index contributed by atoms with van der Waals surface area (Å²) in [4.78, 5) is 27.6. The summed E-state index contributed by atoms with van der Waals surface area (Å²) in [5.41, 5.74) is 2.25. The Balaban J connectivity index is 1.33. The molecule has 2 aromatic rings. The highest BCUT2D eigenvalue weighted by atomic mass is 32.2. The number of fused-ring (bicyclic) bond motifs is 1. The van der Waals surface area contributed by atoms with E-state index in [2.05, 4.69) is 15.5 Å². The van der Waals surface area contributed by atoms with Crippen LogP contribution in [-0.4, -0.2) is 36.7 Å². The van der Waals surface area contributed by atoms with Crippen molar-refractivity contribution in [3.8, 4) is 0 Å². The Morgan fingerprint density at radius 1 is 1.29 bits per heavy atom. The highest BCUT2D eigenvalue weighted by Crippen LogP contribution is 2.36. The Morgan fingerprint density at radius 3 is 2.86 bits per heavy atom. The summed E-state index contributed by atoms with van der Waals surface area (Å²) in [6.45, 7) is 4.18. The summed E-state index contributed by atoms with van der Waals surface area (Å²) in [5, 5.41) is 5.73. The van der Waals surface area contributed by atoms with Gasteiger partial charge in [0.2, 0.25) is 5.91 Å². The van der Waals surface area contributed by atoms with Crippen molar-refractivity contribution >= 4 is 35.0 Å². The summed E-state index contributed by atoms with van der Waals surface area (Å²) < 4.78 is 13.1. The number of carbonyl (C=O) groups excluding carboxylic acids is 2. The van der Waals surface area contributed by atoms with Crippen LogP contribution >= 0.6 is 11.8 Å². The second-order valence-electron chi connectivity index (χ2n) is 7.25. The molecule has 2 aliphatic heterocycles. The Kier molecular flexibility index (Phi) is 5.26. The van der Waals surface area contributed by atoms with Crippen molar-refractivity contribution in [2.45, 2.75) is 23.5 Å². The van der Waals surface area contributed by atoms with Crippen LogP contribution in [0, 0.1) is 11.7 Å². The number of hydrogen-bond donors (Lipinski definition) is 2. The number of benzene rings is 2. The minimum atomic E-state index is -0.235. The van der Waals surface area contributed by atoms with Crippen molar-refractivity contribution in [2.24, 2.45) is 5.92 Å². The Morgan fingerprint density at radius 2 is 2.07 bits per heavy atom. The first kappa shape index (κ1) is 18.8. The Labute approximate surface area is 167 Å².